The third-order valence-corrected chi connectivity index (χ3v) is 4.27. The summed E-state index contributed by atoms with van der Waals surface area (Å²) in [7, 11) is 1.52. The van der Waals surface area contributed by atoms with Crippen molar-refractivity contribution in [1.29, 1.82) is 0 Å². The van der Waals surface area contributed by atoms with Gasteiger partial charge in [-0.05, 0) is 54.2 Å². The fraction of sp³-hybridized carbons (Fsp3) is 0.0952. The second-order valence-electron chi connectivity index (χ2n) is 5.94. The SMILES string of the molecule is COc1cc2ccccc2cc1C(=O)NC(=S)Nc1cccc(C(C)=O)c1. The van der Waals surface area contributed by atoms with E-state index in [0.717, 1.165) is 10.8 Å². The lowest BCUT2D eigenvalue weighted by Gasteiger charge is -2.13. The first-order chi connectivity index (χ1) is 13.0. The Morgan fingerprint density at radius 3 is 2.33 bits per heavy atom. The van der Waals surface area contributed by atoms with Gasteiger partial charge in [0.25, 0.3) is 5.91 Å². The van der Waals surface area contributed by atoms with E-state index < -0.39 is 0 Å². The first-order valence-corrected chi connectivity index (χ1v) is 8.69. The van der Waals surface area contributed by atoms with Crippen molar-refractivity contribution in [3.05, 3.63) is 71.8 Å². The van der Waals surface area contributed by atoms with E-state index in [1.807, 2.05) is 30.3 Å². The van der Waals surface area contributed by atoms with Gasteiger partial charge in [0.15, 0.2) is 10.9 Å². The molecular formula is C21H18N2O3S. The van der Waals surface area contributed by atoms with Gasteiger partial charge in [0.05, 0.1) is 12.7 Å². The zero-order valence-corrected chi connectivity index (χ0v) is 15.7. The molecule has 2 N–H and O–H groups in total. The second-order valence-corrected chi connectivity index (χ2v) is 6.35. The minimum atomic E-state index is -0.377. The number of ether oxygens (including phenoxy) is 1. The molecule has 6 heteroatoms. The quantitative estimate of drug-likeness (QED) is 0.527. The van der Waals surface area contributed by atoms with Crippen LogP contribution in [-0.2, 0) is 0 Å². The van der Waals surface area contributed by atoms with E-state index in [-0.39, 0.29) is 16.8 Å². The molecule has 3 rings (SSSR count). The molecule has 136 valence electrons. The van der Waals surface area contributed by atoms with E-state index in [1.54, 1.807) is 30.3 Å². The maximum Gasteiger partial charge on any atom is 0.261 e. The fourth-order valence-electron chi connectivity index (χ4n) is 2.71. The van der Waals surface area contributed by atoms with Gasteiger partial charge in [0, 0.05) is 11.3 Å². The van der Waals surface area contributed by atoms with E-state index in [0.29, 0.717) is 22.6 Å². The zero-order valence-electron chi connectivity index (χ0n) is 14.9. The van der Waals surface area contributed by atoms with Crippen LogP contribution in [0.5, 0.6) is 5.75 Å². The standard InChI is InChI=1S/C21H18N2O3S/c1-13(24)14-8-5-9-17(10-14)22-21(27)23-20(25)18-11-15-6-3-4-7-16(15)12-19(18)26-2/h3-12H,1-2H3,(H2,22,23,25,27). The van der Waals surface area contributed by atoms with E-state index in [9.17, 15) is 9.59 Å². The van der Waals surface area contributed by atoms with Gasteiger partial charge < -0.3 is 10.1 Å². The molecule has 3 aromatic carbocycles. The first kappa shape index (κ1) is 18.5. The van der Waals surface area contributed by atoms with Crippen LogP contribution in [0.15, 0.2) is 60.7 Å². The lowest BCUT2D eigenvalue weighted by Crippen LogP contribution is -2.34. The molecule has 0 aromatic heterocycles. The fourth-order valence-corrected chi connectivity index (χ4v) is 2.93. The lowest BCUT2D eigenvalue weighted by atomic mass is 10.1. The number of methoxy groups -OCH3 is 1. The average molecular weight is 378 g/mol. The third-order valence-electron chi connectivity index (χ3n) is 4.07. The maximum absolute atomic E-state index is 12.7. The van der Waals surface area contributed by atoms with E-state index in [2.05, 4.69) is 10.6 Å². The van der Waals surface area contributed by atoms with Crippen molar-refractivity contribution in [1.82, 2.24) is 5.32 Å². The molecule has 0 unspecified atom stereocenters. The van der Waals surface area contributed by atoms with Crippen LogP contribution in [0.1, 0.15) is 27.6 Å². The van der Waals surface area contributed by atoms with Crippen LogP contribution in [-0.4, -0.2) is 23.9 Å². The van der Waals surface area contributed by atoms with Crippen LogP contribution in [0.25, 0.3) is 10.8 Å². The van der Waals surface area contributed by atoms with Gasteiger partial charge in [-0.25, -0.2) is 0 Å². The summed E-state index contributed by atoms with van der Waals surface area (Å²) in [6.45, 7) is 1.49. The molecule has 1 amide bonds. The second kappa shape index (κ2) is 7.97. The number of fused-ring (bicyclic) bond motifs is 1. The van der Waals surface area contributed by atoms with Crippen LogP contribution in [0.3, 0.4) is 0 Å². The number of rotatable bonds is 4. The number of hydrogen-bond acceptors (Lipinski definition) is 4. The molecule has 5 nitrogen and oxygen atoms in total. The molecular weight excluding hydrogens is 360 g/mol. The largest absolute Gasteiger partial charge is 0.496 e. The number of nitrogens with one attached hydrogen (secondary N) is 2. The first-order valence-electron chi connectivity index (χ1n) is 8.28. The van der Waals surface area contributed by atoms with E-state index in [1.165, 1.54) is 14.0 Å². The number of hydrogen-bond donors (Lipinski definition) is 2. The third kappa shape index (κ3) is 4.30. The molecule has 0 fully saturated rings. The Labute approximate surface area is 162 Å². The Morgan fingerprint density at radius 1 is 0.963 bits per heavy atom. The zero-order chi connectivity index (χ0) is 19.4. The summed E-state index contributed by atoms with van der Waals surface area (Å²) >= 11 is 5.23. The summed E-state index contributed by atoms with van der Waals surface area (Å²) in [6.07, 6.45) is 0. The maximum atomic E-state index is 12.7. The molecule has 27 heavy (non-hydrogen) atoms. The number of amides is 1. The predicted octanol–water partition coefficient (Wildman–Crippen LogP) is 4.18. The topological polar surface area (TPSA) is 67.4 Å². The number of benzene rings is 3. The average Bonchev–Trinajstić information content (AvgIpc) is 2.66. The summed E-state index contributed by atoms with van der Waals surface area (Å²) < 4.78 is 5.35. The highest BCUT2D eigenvalue weighted by Crippen LogP contribution is 2.26. The molecule has 0 aliphatic heterocycles. The Morgan fingerprint density at radius 2 is 1.67 bits per heavy atom. The highest BCUT2D eigenvalue weighted by Gasteiger charge is 2.15. The van der Waals surface area contributed by atoms with Crippen molar-refractivity contribution < 1.29 is 14.3 Å². The summed E-state index contributed by atoms with van der Waals surface area (Å²) in [5.41, 5.74) is 1.57. The van der Waals surface area contributed by atoms with Gasteiger partial charge in [0.2, 0.25) is 0 Å². The number of carbonyl (C=O) groups excluding carboxylic acids is 2. The van der Waals surface area contributed by atoms with Crippen molar-refractivity contribution in [3.63, 3.8) is 0 Å². The Balaban J connectivity index is 1.78. The van der Waals surface area contributed by atoms with E-state index in [4.69, 9.17) is 17.0 Å². The monoisotopic (exact) mass is 378 g/mol. The van der Waals surface area contributed by atoms with Gasteiger partial charge in [-0.15, -0.1) is 0 Å². The number of thiocarbonyl (C=S) groups is 1. The van der Waals surface area contributed by atoms with Crippen molar-refractivity contribution in [2.45, 2.75) is 6.92 Å². The smallest absolute Gasteiger partial charge is 0.261 e. The molecule has 0 bridgehead atoms. The molecule has 0 saturated heterocycles. The summed E-state index contributed by atoms with van der Waals surface area (Å²) in [5.74, 6) is 0.0416. The van der Waals surface area contributed by atoms with Crippen molar-refractivity contribution in [2.24, 2.45) is 0 Å². The van der Waals surface area contributed by atoms with Gasteiger partial charge in [-0.1, -0.05) is 36.4 Å². The number of anilines is 1. The summed E-state index contributed by atoms with van der Waals surface area (Å²) in [6, 6.07) is 18.2. The normalized spacial score (nSPS) is 10.3. The van der Waals surface area contributed by atoms with Crippen molar-refractivity contribution in [3.8, 4) is 5.75 Å². The van der Waals surface area contributed by atoms with Crippen LogP contribution < -0.4 is 15.4 Å². The van der Waals surface area contributed by atoms with E-state index >= 15 is 0 Å². The molecule has 0 radical (unpaired) electrons. The Kier molecular flexibility index (Phi) is 5.47. The van der Waals surface area contributed by atoms with Gasteiger partial charge >= 0.3 is 0 Å². The molecule has 0 aliphatic carbocycles. The Hall–Kier alpha value is -3.25. The number of ketones is 1. The summed E-state index contributed by atoms with van der Waals surface area (Å²) in [5, 5.41) is 7.61. The van der Waals surface area contributed by atoms with Crippen molar-refractivity contribution in [2.75, 3.05) is 12.4 Å². The molecule has 0 saturated carbocycles. The number of Topliss-reactive ketones (excluding diaryl/α,β-unsaturated/α-hetero) is 1. The highest BCUT2D eigenvalue weighted by molar-refractivity contribution is 7.80. The number of carbonyl (C=O) groups is 2. The predicted molar refractivity (Wildman–Crippen MR) is 111 cm³/mol. The molecule has 3 aromatic rings. The minimum Gasteiger partial charge on any atom is -0.496 e. The van der Waals surface area contributed by atoms with Crippen LogP contribution in [0, 0.1) is 0 Å². The highest BCUT2D eigenvalue weighted by atomic mass is 32.1. The minimum absolute atomic E-state index is 0.0468. The molecule has 0 spiro atoms. The van der Waals surface area contributed by atoms with Gasteiger partial charge in [-0.3, -0.25) is 14.9 Å². The molecule has 0 atom stereocenters. The summed E-state index contributed by atoms with van der Waals surface area (Å²) in [4.78, 5) is 24.2. The van der Waals surface area contributed by atoms with Gasteiger partial charge in [-0.2, -0.15) is 0 Å². The van der Waals surface area contributed by atoms with Crippen molar-refractivity contribution >= 4 is 45.5 Å². The van der Waals surface area contributed by atoms with Gasteiger partial charge in [0.1, 0.15) is 5.75 Å². The Bertz CT molecular complexity index is 1050. The lowest BCUT2D eigenvalue weighted by molar-refractivity contribution is 0.0973. The van der Waals surface area contributed by atoms with Crippen LogP contribution in [0.2, 0.25) is 0 Å². The molecule has 0 heterocycles. The van der Waals surface area contributed by atoms with Crippen LogP contribution in [0.4, 0.5) is 5.69 Å². The van der Waals surface area contributed by atoms with Crippen LogP contribution >= 0.6 is 12.2 Å². The molecule has 0 aliphatic rings.